The van der Waals surface area contributed by atoms with Crippen LogP contribution in [-0.4, -0.2) is 38.1 Å². The second kappa shape index (κ2) is 5.31. The van der Waals surface area contributed by atoms with E-state index in [4.69, 9.17) is 0 Å². The highest BCUT2D eigenvalue weighted by Crippen LogP contribution is 2.25. The van der Waals surface area contributed by atoms with Crippen LogP contribution < -0.4 is 5.32 Å². The molecule has 0 radical (unpaired) electrons. The molecular weight excluding hydrogens is 184 g/mol. The average molecular weight is 212 g/mol. The number of hydrogen-bond donors (Lipinski definition) is 1. The Kier molecular flexibility index (Phi) is 4.60. The number of rotatable bonds is 5. The molecule has 15 heavy (non-hydrogen) atoms. The summed E-state index contributed by atoms with van der Waals surface area (Å²) in [6, 6.07) is 0.779. The highest BCUT2D eigenvalue weighted by atomic mass is 15.1. The minimum atomic E-state index is 0.384. The third kappa shape index (κ3) is 4.98. The van der Waals surface area contributed by atoms with Crippen molar-refractivity contribution in [1.82, 2.24) is 10.2 Å². The van der Waals surface area contributed by atoms with Gasteiger partial charge < -0.3 is 10.2 Å². The third-order valence-electron chi connectivity index (χ3n) is 3.31. The van der Waals surface area contributed by atoms with E-state index < -0.39 is 0 Å². The van der Waals surface area contributed by atoms with Gasteiger partial charge in [0.2, 0.25) is 0 Å². The molecular formula is C13H28N2. The Morgan fingerprint density at radius 1 is 1.27 bits per heavy atom. The van der Waals surface area contributed by atoms with E-state index in [1.54, 1.807) is 0 Å². The van der Waals surface area contributed by atoms with Crippen LogP contribution in [0.15, 0.2) is 0 Å². The normalized spacial score (nSPS) is 27.6. The Morgan fingerprint density at radius 2 is 1.93 bits per heavy atom. The molecule has 0 bridgehead atoms. The van der Waals surface area contributed by atoms with Crippen molar-refractivity contribution in [2.24, 2.45) is 11.3 Å². The zero-order chi connectivity index (χ0) is 11.5. The van der Waals surface area contributed by atoms with Gasteiger partial charge in [-0.05, 0) is 44.7 Å². The van der Waals surface area contributed by atoms with Crippen LogP contribution in [0.2, 0.25) is 0 Å². The molecule has 1 aliphatic rings. The van der Waals surface area contributed by atoms with Crippen LogP contribution in [0.3, 0.4) is 0 Å². The van der Waals surface area contributed by atoms with Gasteiger partial charge >= 0.3 is 0 Å². The Hall–Kier alpha value is -0.0800. The molecule has 0 amide bonds. The quantitative estimate of drug-likeness (QED) is 0.752. The molecule has 0 aromatic rings. The van der Waals surface area contributed by atoms with Gasteiger partial charge in [-0.2, -0.15) is 0 Å². The number of hydrogen-bond acceptors (Lipinski definition) is 2. The van der Waals surface area contributed by atoms with E-state index in [0.29, 0.717) is 5.41 Å². The molecule has 0 spiro atoms. The van der Waals surface area contributed by atoms with Gasteiger partial charge in [0, 0.05) is 19.1 Å². The molecule has 0 aliphatic heterocycles. The van der Waals surface area contributed by atoms with Crippen LogP contribution in [-0.2, 0) is 0 Å². The molecule has 1 fully saturated rings. The predicted octanol–water partition coefficient (Wildman–Crippen LogP) is 2.35. The first-order valence-corrected chi connectivity index (χ1v) is 6.27. The van der Waals surface area contributed by atoms with Crippen LogP contribution in [0.25, 0.3) is 0 Å². The summed E-state index contributed by atoms with van der Waals surface area (Å²) in [5.74, 6) is 0.930. The summed E-state index contributed by atoms with van der Waals surface area (Å²) in [5, 5.41) is 3.73. The molecule has 0 saturated heterocycles. The maximum Gasteiger partial charge on any atom is 0.00699 e. The highest BCUT2D eigenvalue weighted by molar-refractivity contribution is 4.82. The van der Waals surface area contributed by atoms with E-state index in [1.165, 1.54) is 19.3 Å². The number of nitrogens with one attached hydrogen (secondary N) is 1. The zero-order valence-electron chi connectivity index (χ0n) is 11.1. The van der Waals surface area contributed by atoms with Crippen LogP contribution in [0.5, 0.6) is 0 Å². The summed E-state index contributed by atoms with van der Waals surface area (Å²) in [7, 11) is 4.30. The molecule has 0 aromatic carbocycles. The Bertz CT molecular complexity index is 187. The van der Waals surface area contributed by atoms with E-state index in [0.717, 1.165) is 25.0 Å². The Balaban J connectivity index is 2.23. The molecule has 1 rings (SSSR count). The van der Waals surface area contributed by atoms with Crippen molar-refractivity contribution in [3.8, 4) is 0 Å². The summed E-state index contributed by atoms with van der Waals surface area (Å²) >= 11 is 0. The number of nitrogens with zero attached hydrogens (tertiary/aromatic N) is 1. The van der Waals surface area contributed by atoms with Gasteiger partial charge in [-0.1, -0.05) is 20.8 Å². The molecule has 0 heterocycles. The van der Waals surface area contributed by atoms with E-state index in [2.05, 4.69) is 45.1 Å². The van der Waals surface area contributed by atoms with Gasteiger partial charge in [-0.25, -0.2) is 0 Å². The van der Waals surface area contributed by atoms with Gasteiger partial charge in [-0.15, -0.1) is 0 Å². The smallest absolute Gasteiger partial charge is 0.00699 e. The van der Waals surface area contributed by atoms with Crippen LogP contribution >= 0.6 is 0 Å². The highest BCUT2D eigenvalue weighted by Gasteiger charge is 2.24. The Morgan fingerprint density at radius 3 is 2.40 bits per heavy atom. The van der Waals surface area contributed by atoms with Crippen molar-refractivity contribution < 1.29 is 0 Å². The SMILES string of the molecule is C[C@@H]1CC[C@H](NCC(C)(C)CN(C)C)C1. The second-order valence-corrected chi connectivity index (χ2v) is 6.40. The standard InChI is InChI=1S/C13H28N2/c1-11-6-7-12(8-11)14-9-13(2,3)10-15(4)5/h11-12,14H,6-10H2,1-5H3/t11-,12+/m1/s1. The molecule has 2 atom stereocenters. The lowest BCUT2D eigenvalue weighted by atomic mass is 9.92. The van der Waals surface area contributed by atoms with E-state index in [1.807, 2.05) is 0 Å². The van der Waals surface area contributed by atoms with Crippen LogP contribution in [0.1, 0.15) is 40.0 Å². The zero-order valence-corrected chi connectivity index (χ0v) is 11.1. The van der Waals surface area contributed by atoms with Crippen LogP contribution in [0.4, 0.5) is 0 Å². The molecule has 0 unspecified atom stereocenters. The summed E-state index contributed by atoms with van der Waals surface area (Å²) in [6.07, 6.45) is 4.16. The topological polar surface area (TPSA) is 15.3 Å². The van der Waals surface area contributed by atoms with E-state index in [9.17, 15) is 0 Å². The predicted molar refractivity (Wildman–Crippen MR) is 67.1 cm³/mol. The van der Waals surface area contributed by atoms with Crippen molar-refractivity contribution >= 4 is 0 Å². The van der Waals surface area contributed by atoms with Crippen molar-refractivity contribution in [2.45, 2.75) is 46.1 Å². The molecule has 0 aromatic heterocycles. The summed E-state index contributed by atoms with van der Waals surface area (Å²) < 4.78 is 0. The molecule has 1 aliphatic carbocycles. The van der Waals surface area contributed by atoms with E-state index >= 15 is 0 Å². The average Bonchev–Trinajstić information content (AvgIpc) is 2.46. The lowest BCUT2D eigenvalue weighted by Crippen LogP contribution is -2.41. The third-order valence-corrected chi connectivity index (χ3v) is 3.31. The van der Waals surface area contributed by atoms with Gasteiger partial charge in [-0.3, -0.25) is 0 Å². The van der Waals surface area contributed by atoms with Crippen molar-refractivity contribution in [2.75, 3.05) is 27.2 Å². The molecule has 2 nitrogen and oxygen atoms in total. The molecule has 1 saturated carbocycles. The molecule has 90 valence electrons. The first-order valence-electron chi connectivity index (χ1n) is 6.27. The largest absolute Gasteiger partial charge is 0.313 e. The lowest BCUT2D eigenvalue weighted by molar-refractivity contribution is 0.225. The second-order valence-electron chi connectivity index (χ2n) is 6.40. The fourth-order valence-electron chi connectivity index (χ4n) is 2.73. The van der Waals surface area contributed by atoms with Gasteiger partial charge in [0.25, 0.3) is 0 Å². The molecule has 1 N–H and O–H groups in total. The lowest BCUT2D eigenvalue weighted by Gasteiger charge is -2.30. The summed E-state index contributed by atoms with van der Waals surface area (Å²) in [5.41, 5.74) is 0.384. The fraction of sp³-hybridized carbons (Fsp3) is 1.00. The molecule has 2 heteroatoms. The first-order chi connectivity index (χ1) is 6.89. The van der Waals surface area contributed by atoms with E-state index in [-0.39, 0.29) is 0 Å². The summed E-state index contributed by atoms with van der Waals surface area (Å²) in [4.78, 5) is 2.28. The van der Waals surface area contributed by atoms with Gasteiger partial charge in [0.05, 0.1) is 0 Å². The van der Waals surface area contributed by atoms with Gasteiger partial charge in [0.1, 0.15) is 0 Å². The minimum Gasteiger partial charge on any atom is -0.313 e. The van der Waals surface area contributed by atoms with Crippen molar-refractivity contribution in [3.05, 3.63) is 0 Å². The van der Waals surface area contributed by atoms with Crippen molar-refractivity contribution in [1.29, 1.82) is 0 Å². The van der Waals surface area contributed by atoms with Crippen molar-refractivity contribution in [3.63, 3.8) is 0 Å². The summed E-state index contributed by atoms with van der Waals surface area (Å²) in [6.45, 7) is 9.36. The van der Waals surface area contributed by atoms with Gasteiger partial charge in [0.15, 0.2) is 0 Å². The maximum atomic E-state index is 3.73. The maximum absolute atomic E-state index is 3.73. The van der Waals surface area contributed by atoms with Crippen LogP contribution in [0, 0.1) is 11.3 Å². The minimum absolute atomic E-state index is 0.384. The first kappa shape index (κ1) is 13.0. The monoisotopic (exact) mass is 212 g/mol. The fourth-order valence-corrected chi connectivity index (χ4v) is 2.73. The Labute approximate surface area is 95.4 Å².